The van der Waals surface area contributed by atoms with Gasteiger partial charge in [0.15, 0.2) is 0 Å². The van der Waals surface area contributed by atoms with Gasteiger partial charge in [-0.05, 0) is 36.1 Å². The van der Waals surface area contributed by atoms with Crippen molar-refractivity contribution in [1.29, 1.82) is 0 Å². The van der Waals surface area contributed by atoms with Gasteiger partial charge in [0.2, 0.25) is 5.95 Å². The Hall–Kier alpha value is -3.41. The predicted molar refractivity (Wildman–Crippen MR) is 116 cm³/mol. The molecule has 1 amide bonds. The fraction of sp³-hybridized carbons (Fsp3) is 0.261. The Kier molecular flexibility index (Phi) is 6.12. The monoisotopic (exact) mass is 390 g/mol. The van der Waals surface area contributed by atoms with E-state index < -0.39 is 0 Å². The van der Waals surface area contributed by atoms with E-state index in [9.17, 15) is 4.79 Å². The Morgan fingerprint density at radius 2 is 1.59 bits per heavy atom. The number of nitrogens with zero attached hydrogens (tertiary/aromatic N) is 2. The van der Waals surface area contributed by atoms with Crippen molar-refractivity contribution in [3.63, 3.8) is 0 Å². The Balaban J connectivity index is 1.74. The molecular formula is C23H26N4O2. The fourth-order valence-electron chi connectivity index (χ4n) is 2.92. The van der Waals surface area contributed by atoms with Crippen LogP contribution in [0.2, 0.25) is 0 Å². The number of rotatable bonds is 6. The highest BCUT2D eigenvalue weighted by Crippen LogP contribution is 2.30. The molecule has 3 aromatic rings. The SMILES string of the molecule is CCOc1ccccc1NC(=O)c1cnc(Nc2ccccc2C(C)(C)C)nc1. The van der Waals surface area contributed by atoms with Crippen molar-refractivity contribution in [3.05, 3.63) is 72.1 Å². The summed E-state index contributed by atoms with van der Waals surface area (Å²) in [5, 5.41) is 6.09. The van der Waals surface area contributed by atoms with Crippen LogP contribution in [0.4, 0.5) is 17.3 Å². The maximum absolute atomic E-state index is 12.6. The van der Waals surface area contributed by atoms with Gasteiger partial charge in [0, 0.05) is 18.1 Å². The molecule has 0 atom stereocenters. The summed E-state index contributed by atoms with van der Waals surface area (Å²) >= 11 is 0. The third kappa shape index (κ3) is 5.10. The molecule has 0 saturated heterocycles. The van der Waals surface area contributed by atoms with E-state index in [1.165, 1.54) is 12.4 Å². The van der Waals surface area contributed by atoms with Crippen LogP contribution in [0.1, 0.15) is 43.6 Å². The van der Waals surface area contributed by atoms with Crippen LogP contribution < -0.4 is 15.4 Å². The minimum atomic E-state index is -0.293. The Labute approximate surface area is 171 Å². The first kappa shape index (κ1) is 20.3. The fourth-order valence-corrected chi connectivity index (χ4v) is 2.92. The van der Waals surface area contributed by atoms with Gasteiger partial charge in [-0.15, -0.1) is 0 Å². The molecule has 6 nitrogen and oxygen atoms in total. The second-order valence-corrected chi connectivity index (χ2v) is 7.60. The molecule has 0 unspecified atom stereocenters. The average Bonchev–Trinajstić information content (AvgIpc) is 2.70. The third-order valence-electron chi connectivity index (χ3n) is 4.33. The van der Waals surface area contributed by atoms with Crippen molar-refractivity contribution >= 4 is 23.2 Å². The van der Waals surface area contributed by atoms with Gasteiger partial charge < -0.3 is 15.4 Å². The number of para-hydroxylation sites is 3. The van der Waals surface area contributed by atoms with Crippen LogP contribution in [0.25, 0.3) is 0 Å². The number of hydrogen-bond acceptors (Lipinski definition) is 5. The first-order valence-corrected chi connectivity index (χ1v) is 9.60. The minimum Gasteiger partial charge on any atom is -0.492 e. The average molecular weight is 390 g/mol. The normalized spacial score (nSPS) is 11.0. The molecule has 0 aliphatic heterocycles. The van der Waals surface area contributed by atoms with Gasteiger partial charge in [-0.2, -0.15) is 0 Å². The number of benzene rings is 2. The molecule has 0 aliphatic carbocycles. The zero-order valence-electron chi connectivity index (χ0n) is 17.2. The van der Waals surface area contributed by atoms with Gasteiger partial charge in [0.05, 0.1) is 17.9 Å². The molecule has 0 aliphatic rings. The molecule has 3 rings (SSSR count). The number of aromatic nitrogens is 2. The lowest BCUT2D eigenvalue weighted by Gasteiger charge is -2.22. The zero-order valence-corrected chi connectivity index (χ0v) is 17.2. The quantitative estimate of drug-likeness (QED) is 0.607. The molecule has 2 aromatic carbocycles. The van der Waals surface area contributed by atoms with Crippen LogP contribution >= 0.6 is 0 Å². The Morgan fingerprint density at radius 3 is 2.24 bits per heavy atom. The maximum atomic E-state index is 12.6. The summed E-state index contributed by atoms with van der Waals surface area (Å²) in [6.07, 6.45) is 3.02. The van der Waals surface area contributed by atoms with Crippen LogP contribution in [0.3, 0.4) is 0 Å². The number of amides is 1. The maximum Gasteiger partial charge on any atom is 0.258 e. The molecule has 0 radical (unpaired) electrons. The highest BCUT2D eigenvalue weighted by atomic mass is 16.5. The minimum absolute atomic E-state index is 0.0165. The summed E-state index contributed by atoms with van der Waals surface area (Å²) in [5.41, 5.74) is 3.07. The Bertz CT molecular complexity index is 979. The van der Waals surface area contributed by atoms with E-state index >= 15 is 0 Å². The topological polar surface area (TPSA) is 76.1 Å². The molecule has 0 bridgehead atoms. The van der Waals surface area contributed by atoms with Crippen LogP contribution in [0, 0.1) is 0 Å². The number of hydrogen-bond donors (Lipinski definition) is 2. The second kappa shape index (κ2) is 8.73. The molecule has 1 heterocycles. The second-order valence-electron chi connectivity index (χ2n) is 7.60. The first-order chi connectivity index (χ1) is 13.9. The van der Waals surface area contributed by atoms with E-state index in [-0.39, 0.29) is 11.3 Å². The largest absolute Gasteiger partial charge is 0.492 e. The summed E-state index contributed by atoms with van der Waals surface area (Å²) in [4.78, 5) is 21.2. The number of ether oxygens (including phenoxy) is 1. The summed E-state index contributed by atoms with van der Waals surface area (Å²) in [5.74, 6) is 0.771. The van der Waals surface area contributed by atoms with Crippen molar-refractivity contribution in [2.24, 2.45) is 0 Å². The number of anilines is 3. The summed E-state index contributed by atoms with van der Waals surface area (Å²) < 4.78 is 5.54. The van der Waals surface area contributed by atoms with E-state index in [1.54, 1.807) is 6.07 Å². The molecule has 150 valence electrons. The lowest BCUT2D eigenvalue weighted by atomic mass is 9.86. The Morgan fingerprint density at radius 1 is 0.966 bits per heavy atom. The van der Waals surface area contributed by atoms with Gasteiger partial charge in [-0.1, -0.05) is 51.1 Å². The van der Waals surface area contributed by atoms with E-state index in [1.807, 2.05) is 43.3 Å². The van der Waals surface area contributed by atoms with E-state index in [0.29, 0.717) is 29.6 Å². The van der Waals surface area contributed by atoms with Gasteiger partial charge in [-0.25, -0.2) is 9.97 Å². The molecular weight excluding hydrogens is 364 g/mol. The lowest BCUT2D eigenvalue weighted by molar-refractivity contribution is 0.102. The predicted octanol–water partition coefficient (Wildman–Crippen LogP) is 5.17. The van der Waals surface area contributed by atoms with Crippen LogP contribution in [0.15, 0.2) is 60.9 Å². The van der Waals surface area contributed by atoms with Crippen molar-refractivity contribution in [3.8, 4) is 5.75 Å². The number of carbonyl (C=O) groups excluding carboxylic acids is 1. The first-order valence-electron chi connectivity index (χ1n) is 9.60. The van der Waals surface area contributed by atoms with Gasteiger partial charge in [0.25, 0.3) is 5.91 Å². The van der Waals surface area contributed by atoms with E-state index in [0.717, 1.165) is 11.3 Å². The highest BCUT2D eigenvalue weighted by Gasteiger charge is 2.18. The molecule has 2 N–H and O–H groups in total. The van der Waals surface area contributed by atoms with Crippen LogP contribution in [0.5, 0.6) is 5.75 Å². The van der Waals surface area contributed by atoms with Gasteiger partial charge in [0.1, 0.15) is 5.75 Å². The van der Waals surface area contributed by atoms with Crippen LogP contribution in [-0.4, -0.2) is 22.5 Å². The van der Waals surface area contributed by atoms with Gasteiger partial charge >= 0.3 is 0 Å². The smallest absolute Gasteiger partial charge is 0.258 e. The molecule has 0 saturated carbocycles. The molecule has 1 aromatic heterocycles. The van der Waals surface area contributed by atoms with Crippen LogP contribution in [-0.2, 0) is 5.41 Å². The van der Waals surface area contributed by atoms with Crippen molar-refractivity contribution in [1.82, 2.24) is 9.97 Å². The lowest BCUT2D eigenvalue weighted by Crippen LogP contribution is -2.15. The van der Waals surface area contributed by atoms with E-state index in [4.69, 9.17) is 4.74 Å². The highest BCUT2D eigenvalue weighted by molar-refractivity contribution is 6.04. The molecule has 6 heteroatoms. The summed E-state index contributed by atoms with van der Waals surface area (Å²) in [6.45, 7) is 8.88. The third-order valence-corrected chi connectivity index (χ3v) is 4.33. The summed E-state index contributed by atoms with van der Waals surface area (Å²) in [6, 6.07) is 15.4. The number of nitrogens with one attached hydrogen (secondary N) is 2. The van der Waals surface area contributed by atoms with Crippen molar-refractivity contribution in [2.45, 2.75) is 33.1 Å². The van der Waals surface area contributed by atoms with Gasteiger partial charge in [-0.3, -0.25) is 4.79 Å². The molecule has 29 heavy (non-hydrogen) atoms. The standard InChI is InChI=1S/C23H26N4O2/c1-5-29-20-13-9-8-12-19(20)26-21(28)16-14-24-22(25-15-16)27-18-11-7-6-10-17(18)23(2,3)4/h6-15H,5H2,1-4H3,(H,26,28)(H,24,25,27). The zero-order chi connectivity index (χ0) is 20.9. The molecule has 0 spiro atoms. The number of carbonyl (C=O) groups is 1. The van der Waals surface area contributed by atoms with E-state index in [2.05, 4.69) is 47.4 Å². The molecule has 0 fully saturated rings. The van der Waals surface area contributed by atoms with Crippen molar-refractivity contribution < 1.29 is 9.53 Å². The summed E-state index contributed by atoms with van der Waals surface area (Å²) in [7, 11) is 0. The van der Waals surface area contributed by atoms with Crippen molar-refractivity contribution in [2.75, 3.05) is 17.2 Å².